The molecular weight excluding hydrogens is 240 g/mol. The normalized spacial score (nSPS) is 10.7. The zero-order chi connectivity index (χ0) is 14.3. The maximum absolute atomic E-state index is 11.9. The fourth-order valence-electron chi connectivity index (χ4n) is 1.51. The third kappa shape index (κ3) is 4.79. The van der Waals surface area contributed by atoms with Gasteiger partial charge in [-0.3, -0.25) is 9.59 Å². The Bertz CT molecular complexity index is 519. The molecule has 0 fully saturated rings. The van der Waals surface area contributed by atoms with Crippen LogP contribution in [0.1, 0.15) is 18.1 Å². The van der Waals surface area contributed by atoms with Crippen LogP contribution in [0.15, 0.2) is 42.6 Å². The van der Waals surface area contributed by atoms with Gasteiger partial charge in [-0.15, -0.1) is 6.58 Å². The molecule has 0 aliphatic rings. The molecule has 2 N–H and O–H groups in total. The highest BCUT2D eigenvalue weighted by Gasteiger charge is 2.10. The van der Waals surface area contributed by atoms with Crippen LogP contribution in [0, 0.1) is 6.92 Å². The Hall–Kier alpha value is -2.36. The quantitative estimate of drug-likeness (QED) is 0.624. The Morgan fingerprint density at radius 3 is 2.58 bits per heavy atom. The van der Waals surface area contributed by atoms with E-state index in [4.69, 9.17) is 0 Å². The zero-order valence-corrected chi connectivity index (χ0v) is 11.2. The Labute approximate surface area is 113 Å². The molecule has 0 saturated heterocycles. The van der Waals surface area contributed by atoms with Crippen LogP contribution in [0.5, 0.6) is 0 Å². The Morgan fingerprint density at radius 1 is 1.32 bits per heavy atom. The van der Waals surface area contributed by atoms with Crippen LogP contribution in [0.4, 0.5) is 0 Å². The summed E-state index contributed by atoms with van der Waals surface area (Å²) in [5.41, 5.74) is 2.14. The first-order chi connectivity index (χ1) is 9.04. The van der Waals surface area contributed by atoms with E-state index in [1.807, 2.05) is 31.2 Å². The third-order valence-electron chi connectivity index (χ3n) is 2.45. The maximum atomic E-state index is 11.9. The molecule has 0 radical (unpaired) electrons. The van der Waals surface area contributed by atoms with Crippen molar-refractivity contribution in [3.8, 4) is 0 Å². The number of hydrogen-bond acceptors (Lipinski definition) is 2. The van der Waals surface area contributed by atoms with E-state index < -0.39 is 0 Å². The zero-order valence-electron chi connectivity index (χ0n) is 11.2. The number of carbonyl (C=O) groups is 2. The minimum Gasteiger partial charge on any atom is -0.347 e. The summed E-state index contributed by atoms with van der Waals surface area (Å²) < 4.78 is 0. The van der Waals surface area contributed by atoms with E-state index in [1.54, 1.807) is 12.2 Å². The number of rotatable bonds is 5. The molecule has 19 heavy (non-hydrogen) atoms. The molecule has 100 valence electrons. The summed E-state index contributed by atoms with van der Waals surface area (Å²) in [5, 5.41) is 5.18. The molecule has 4 nitrogen and oxygen atoms in total. The molecule has 0 aromatic heterocycles. The first kappa shape index (κ1) is 14.7. The summed E-state index contributed by atoms with van der Waals surface area (Å²) in [5.74, 6) is -0.619. The Kier molecular flexibility index (Phi) is 5.54. The summed E-state index contributed by atoms with van der Waals surface area (Å²) in [6.45, 7) is 7.19. The number of hydrogen-bond donors (Lipinski definition) is 2. The van der Waals surface area contributed by atoms with Gasteiger partial charge in [-0.25, -0.2) is 0 Å². The van der Waals surface area contributed by atoms with Crippen molar-refractivity contribution in [2.45, 2.75) is 13.8 Å². The lowest BCUT2D eigenvalue weighted by atomic mass is 10.1. The fourth-order valence-corrected chi connectivity index (χ4v) is 1.51. The second kappa shape index (κ2) is 7.16. The largest absolute Gasteiger partial charge is 0.347 e. The number of aryl methyl sites for hydroxylation is 1. The highest BCUT2D eigenvalue weighted by molar-refractivity contribution is 6.01. The molecule has 2 amide bonds. The highest BCUT2D eigenvalue weighted by atomic mass is 16.2. The molecule has 1 aromatic rings. The van der Waals surface area contributed by atoms with Crippen LogP contribution in [0.3, 0.4) is 0 Å². The summed E-state index contributed by atoms with van der Waals surface area (Å²) in [4.78, 5) is 23.1. The topological polar surface area (TPSA) is 58.2 Å². The minimum absolute atomic E-state index is 0.226. The molecule has 0 saturated carbocycles. The predicted octanol–water partition coefficient (Wildman–Crippen LogP) is 1.77. The van der Waals surface area contributed by atoms with Crippen molar-refractivity contribution < 1.29 is 9.59 Å². The third-order valence-corrected chi connectivity index (χ3v) is 2.45. The predicted molar refractivity (Wildman–Crippen MR) is 76.2 cm³/mol. The number of benzene rings is 1. The van der Waals surface area contributed by atoms with E-state index in [1.165, 1.54) is 6.92 Å². The molecule has 0 bridgehead atoms. The van der Waals surface area contributed by atoms with E-state index in [0.29, 0.717) is 6.54 Å². The van der Waals surface area contributed by atoms with Crippen molar-refractivity contribution in [3.05, 3.63) is 53.7 Å². The standard InChI is InChI=1S/C15H18N2O2/c1-4-9-16-15(19)14(17-12(3)18)10-13-8-6-5-7-11(13)2/h4-8,10H,1,9H2,2-3H3,(H,16,19)(H,17,18)/b14-10-. The molecule has 0 heterocycles. The lowest BCUT2D eigenvalue weighted by molar-refractivity contribution is -0.122. The molecule has 4 heteroatoms. The van der Waals surface area contributed by atoms with Crippen LogP contribution >= 0.6 is 0 Å². The average molecular weight is 258 g/mol. The van der Waals surface area contributed by atoms with E-state index in [0.717, 1.165) is 11.1 Å². The average Bonchev–Trinajstić information content (AvgIpc) is 2.37. The second-order valence-electron chi connectivity index (χ2n) is 4.09. The smallest absolute Gasteiger partial charge is 0.268 e. The van der Waals surface area contributed by atoms with Crippen molar-refractivity contribution in [1.82, 2.24) is 10.6 Å². The van der Waals surface area contributed by atoms with E-state index in [2.05, 4.69) is 17.2 Å². The van der Waals surface area contributed by atoms with Gasteiger partial charge in [-0.2, -0.15) is 0 Å². The minimum atomic E-state index is -0.335. The molecule has 1 rings (SSSR count). The first-order valence-corrected chi connectivity index (χ1v) is 5.98. The lowest BCUT2D eigenvalue weighted by Gasteiger charge is -2.09. The monoisotopic (exact) mass is 258 g/mol. The van der Waals surface area contributed by atoms with Gasteiger partial charge in [-0.1, -0.05) is 30.3 Å². The van der Waals surface area contributed by atoms with Gasteiger partial charge < -0.3 is 10.6 Å². The maximum Gasteiger partial charge on any atom is 0.268 e. The Balaban J connectivity index is 3.02. The van der Waals surface area contributed by atoms with Gasteiger partial charge in [0.15, 0.2) is 0 Å². The summed E-state index contributed by atoms with van der Waals surface area (Å²) in [6, 6.07) is 7.63. The van der Waals surface area contributed by atoms with Gasteiger partial charge in [0.1, 0.15) is 5.70 Å². The van der Waals surface area contributed by atoms with Gasteiger partial charge in [0.25, 0.3) is 5.91 Å². The van der Waals surface area contributed by atoms with Gasteiger partial charge in [0.05, 0.1) is 0 Å². The van der Waals surface area contributed by atoms with Gasteiger partial charge in [-0.05, 0) is 24.1 Å². The van der Waals surface area contributed by atoms with Crippen molar-refractivity contribution in [2.75, 3.05) is 6.54 Å². The van der Waals surface area contributed by atoms with Crippen LogP contribution in [-0.2, 0) is 9.59 Å². The van der Waals surface area contributed by atoms with Crippen molar-refractivity contribution in [1.29, 1.82) is 0 Å². The molecule has 0 atom stereocenters. The van der Waals surface area contributed by atoms with Crippen LogP contribution < -0.4 is 10.6 Å². The van der Waals surface area contributed by atoms with Crippen LogP contribution in [-0.4, -0.2) is 18.4 Å². The molecular formula is C15H18N2O2. The fraction of sp³-hybridized carbons (Fsp3) is 0.200. The van der Waals surface area contributed by atoms with Crippen molar-refractivity contribution >= 4 is 17.9 Å². The molecule has 1 aromatic carbocycles. The molecule has 0 unspecified atom stereocenters. The molecule has 0 spiro atoms. The molecule has 0 aliphatic heterocycles. The summed E-state index contributed by atoms with van der Waals surface area (Å²) >= 11 is 0. The van der Waals surface area contributed by atoms with Gasteiger partial charge >= 0.3 is 0 Å². The van der Waals surface area contributed by atoms with Crippen LogP contribution in [0.2, 0.25) is 0 Å². The number of carbonyl (C=O) groups excluding carboxylic acids is 2. The van der Waals surface area contributed by atoms with Crippen LogP contribution in [0.25, 0.3) is 6.08 Å². The van der Waals surface area contributed by atoms with E-state index >= 15 is 0 Å². The van der Waals surface area contributed by atoms with Gasteiger partial charge in [0.2, 0.25) is 5.91 Å². The SMILES string of the molecule is C=CCNC(=O)/C(=C/c1ccccc1C)NC(C)=O. The highest BCUT2D eigenvalue weighted by Crippen LogP contribution is 2.11. The lowest BCUT2D eigenvalue weighted by Crippen LogP contribution is -2.33. The first-order valence-electron chi connectivity index (χ1n) is 5.98. The summed E-state index contributed by atoms with van der Waals surface area (Å²) in [6.07, 6.45) is 3.24. The van der Waals surface area contributed by atoms with Crippen molar-refractivity contribution in [3.63, 3.8) is 0 Å². The van der Waals surface area contributed by atoms with E-state index in [-0.39, 0.29) is 17.5 Å². The Morgan fingerprint density at radius 2 is 2.00 bits per heavy atom. The van der Waals surface area contributed by atoms with E-state index in [9.17, 15) is 9.59 Å². The van der Waals surface area contributed by atoms with Gasteiger partial charge in [0, 0.05) is 13.5 Å². The van der Waals surface area contributed by atoms with Crippen molar-refractivity contribution in [2.24, 2.45) is 0 Å². The molecule has 0 aliphatic carbocycles. The number of nitrogens with one attached hydrogen (secondary N) is 2. The summed E-state index contributed by atoms with van der Waals surface area (Å²) in [7, 11) is 0. The second-order valence-corrected chi connectivity index (χ2v) is 4.09. The number of amides is 2.